The van der Waals surface area contributed by atoms with Gasteiger partial charge in [-0.2, -0.15) is 0 Å². The van der Waals surface area contributed by atoms with Crippen LogP contribution in [0.25, 0.3) is 0 Å². The van der Waals surface area contributed by atoms with Gasteiger partial charge < -0.3 is 10.3 Å². The Morgan fingerprint density at radius 2 is 2.06 bits per heavy atom. The Labute approximate surface area is 90.3 Å². The first-order valence-electron chi connectivity index (χ1n) is 5.33. The summed E-state index contributed by atoms with van der Waals surface area (Å²) in [6.45, 7) is 0.125. The first kappa shape index (κ1) is 9.53. The van der Waals surface area contributed by atoms with E-state index in [2.05, 4.69) is 10.3 Å². The summed E-state index contributed by atoms with van der Waals surface area (Å²) in [6, 6.07) is 0.0194. The molecule has 1 aromatic heterocycles. The van der Waals surface area contributed by atoms with Crippen molar-refractivity contribution in [3.63, 3.8) is 0 Å². The van der Waals surface area contributed by atoms with E-state index in [4.69, 9.17) is 0 Å². The van der Waals surface area contributed by atoms with Crippen LogP contribution in [0.15, 0.2) is 9.59 Å². The Hall–Kier alpha value is -1.69. The van der Waals surface area contributed by atoms with Gasteiger partial charge in [0.2, 0.25) is 5.91 Å². The minimum atomic E-state index is -0.753. The largest absolute Gasteiger partial charge is 0.323 e. The molecule has 0 amide bonds. The molecule has 1 aliphatic heterocycles. The molecule has 1 unspecified atom stereocenters. The topological polar surface area (TPSA) is 84.0 Å². The number of nitrogens with zero attached hydrogens (tertiary/aromatic N) is 1. The summed E-state index contributed by atoms with van der Waals surface area (Å²) in [5, 5.41) is 3.08. The number of hydrogen-bond acceptors (Lipinski definition) is 4. The van der Waals surface area contributed by atoms with Gasteiger partial charge in [-0.3, -0.25) is 14.4 Å². The lowest BCUT2D eigenvalue weighted by atomic mass is 9.93. The molecule has 0 saturated heterocycles. The maximum atomic E-state index is 11.6. The zero-order valence-electron chi connectivity index (χ0n) is 8.58. The van der Waals surface area contributed by atoms with Crippen molar-refractivity contribution in [3.05, 3.63) is 32.1 Å². The molecule has 1 aliphatic carbocycles. The molecule has 6 nitrogen and oxygen atoms in total. The van der Waals surface area contributed by atoms with E-state index >= 15 is 0 Å². The van der Waals surface area contributed by atoms with E-state index in [1.165, 1.54) is 0 Å². The molecule has 84 valence electrons. The number of aromatic amines is 1. The molecule has 2 N–H and O–H groups in total. The quantitative estimate of drug-likeness (QED) is 0.559. The summed E-state index contributed by atoms with van der Waals surface area (Å²) in [7, 11) is 0. The lowest BCUT2D eigenvalue weighted by Crippen LogP contribution is -2.51. The molecular formula is C10H11N3O3. The van der Waals surface area contributed by atoms with Crippen molar-refractivity contribution in [1.82, 2.24) is 14.9 Å². The van der Waals surface area contributed by atoms with Gasteiger partial charge in [0.15, 0.2) is 0 Å². The van der Waals surface area contributed by atoms with Gasteiger partial charge in [-0.25, -0.2) is 4.57 Å². The Bertz CT molecular complexity index is 584. The van der Waals surface area contributed by atoms with Crippen LogP contribution in [-0.2, 0) is 6.42 Å². The molecule has 1 atom stereocenters. The Balaban J connectivity index is 2.41. The fourth-order valence-corrected chi connectivity index (χ4v) is 2.51. The summed E-state index contributed by atoms with van der Waals surface area (Å²) in [5.41, 5.74) is -0.0692. The van der Waals surface area contributed by atoms with Gasteiger partial charge in [0.1, 0.15) is 0 Å². The normalized spacial score (nSPS) is 23.0. The summed E-state index contributed by atoms with van der Waals surface area (Å²) in [4.78, 5) is 37.2. The summed E-state index contributed by atoms with van der Waals surface area (Å²) in [6.07, 6.45) is 2.56. The van der Waals surface area contributed by atoms with Crippen molar-refractivity contribution in [2.45, 2.75) is 25.3 Å². The molecule has 0 bridgehead atoms. The second kappa shape index (κ2) is 3.15. The van der Waals surface area contributed by atoms with Crippen LogP contribution < -0.4 is 16.4 Å². The number of carbonyl (C=O) groups is 1. The zero-order chi connectivity index (χ0) is 11.3. The first-order valence-corrected chi connectivity index (χ1v) is 5.33. The van der Waals surface area contributed by atoms with Gasteiger partial charge in [0, 0.05) is 5.69 Å². The fraction of sp³-hybridized carbons (Fsp3) is 0.500. The van der Waals surface area contributed by atoms with E-state index in [0.29, 0.717) is 5.69 Å². The number of H-pyrrole nitrogens is 1. The second-order valence-corrected chi connectivity index (χ2v) is 4.18. The highest BCUT2D eigenvalue weighted by atomic mass is 16.2. The highest BCUT2D eigenvalue weighted by Crippen LogP contribution is 2.28. The number of hydrogen-bond donors (Lipinski definition) is 2. The van der Waals surface area contributed by atoms with Crippen LogP contribution in [0.1, 0.15) is 35.1 Å². The Kier molecular flexibility index (Phi) is 1.88. The summed E-state index contributed by atoms with van der Waals surface area (Å²) >= 11 is 0. The van der Waals surface area contributed by atoms with Gasteiger partial charge in [-0.1, -0.05) is 0 Å². The molecule has 2 heterocycles. The monoisotopic (exact) mass is 221 g/mol. The van der Waals surface area contributed by atoms with E-state index in [-0.39, 0.29) is 18.5 Å². The van der Waals surface area contributed by atoms with Crippen molar-refractivity contribution in [3.8, 4) is 0 Å². The summed E-state index contributed by atoms with van der Waals surface area (Å²) in [5.74, 6) is -0.342. The van der Waals surface area contributed by atoms with Crippen LogP contribution in [0.4, 0.5) is 0 Å². The highest BCUT2D eigenvalue weighted by Gasteiger charge is 2.32. The third-order valence-corrected chi connectivity index (χ3v) is 3.21. The predicted molar refractivity (Wildman–Crippen MR) is 55.6 cm³/mol. The predicted octanol–water partition coefficient (Wildman–Crippen LogP) is -0.843. The number of nitrogens with one attached hydrogen (secondary N) is 2. The SMILES string of the molecule is O=C1CNC2CCCc3[nH]c(=O)c(=O)n1c32. The third kappa shape index (κ3) is 1.13. The van der Waals surface area contributed by atoms with Crippen molar-refractivity contribution in [2.24, 2.45) is 0 Å². The van der Waals surface area contributed by atoms with Crippen LogP contribution in [0.2, 0.25) is 0 Å². The minimum Gasteiger partial charge on any atom is -0.320 e. The van der Waals surface area contributed by atoms with Crippen LogP contribution in [-0.4, -0.2) is 22.0 Å². The molecule has 0 saturated carbocycles. The van der Waals surface area contributed by atoms with Crippen molar-refractivity contribution in [2.75, 3.05) is 6.54 Å². The number of aromatic nitrogens is 2. The molecule has 0 aromatic carbocycles. The fourth-order valence-electron chi connectivity index (χ4n) is 2.51. The molecule has 0 fully saturated rings. The van der Waals surface area contributed by atoms with Gasteiger partial charge in [0.25, 0.3) is 0 Å². The van der Waals surface area contributed by atoms with Crippen LogP contribution in [0.3, 0.4) is 0 Å². The maximum absolute atomic E-state index is 11.6. The van der Waals surface area contributed by atoms with Gasteiger partial charge in [-0.05, 0) is 19.3 Å². The standard InChI is InChI=1S/C10H11N3O3/c14-7-4-11-5-2-1-3-6-8(5)13(7)10(16)9(15)12-6/h5,11H,1-4H2,(H,12,15). The Morgan fingerprint density at radius 3 is 2.88 bits per heavy atom. The van der Waals surface area contributed by atoms with E-state index in [1.807, 2.05) is 0 Å². The zero-order valence-corrected chi connectivity index (χ0v) is 8.58. The van der Waals surface area contributed by atoms with Crippen LogP contribution in [0.5, 0.6) is 0 Å². The molecule has 16 heavy (non-hydrogen) atoms. The number of aryl methyl sites for hydroxylation is 1. The number of rotatable bonds is 0. The second-order valence-electron chi connectivity index (χ2n) is 4.18. The van der Waals surface area contributed by atoms with E-state index in [1.54, 1.807) is 0 Å². The molecule has 3 rings (SSSR count). The van der Waals surface area contributed by atoms with Gasteiger partial charge >= 0.3 is 11.1 Å². The maximum Gasteiger partial charge on any atom is 0.323 e. The van der Waals surface area contributed by atoms with E-state index in [9.17, 15) is 14.4 Å². The first-order chi connectivity index (χ1) is 7.68. The van der Waals surface area contributed by atoms with Crippen LogP contribution >= 0.6 is 0 Å². The minimum absolute atomic E-state index is 0.0194. The third-order valence-electron chi connectivity index (χ3n) is 3.21. The van der Waals surface area contributed by atoms with Crippen molar-refractivity contribution in [1.29, 1.82) is 0 Å². The molecular weight excluding hydrogens is 210 g/mol. The van der Waals surface area contributed by atoms with Gasteiger partial charge in [0.05, 0.1) is 18.3 Å². The smallest absolute Gasteiger partial charge is 0.320 e. The van der Waals surface area contributed by atoms with Crippen LogP contribution in [0, 0.1) is 0 Å². The average Bonchev–Trinajstić information content (AvgIpc) is 2.28. The lowest BCUT2D eigenvalue weighted by molar-refractivity contribution is 0.0869. The summed E-state index contributed by atoms with van der Waals surface area (Å²) < 4.78 is 1.05. The van der Waals surface area contributed by atoms with E-state index < -0.39 is 11.1 Å². The van der Waals surface area contributed by atoms with E-state index in [0.717, 1.165) is 29.5 Å². The molecule has 1 aromatic rings. The average molecular weight is 221 g/mol. The van der Waals surface area contributed by atoms with Crippen molar-refractivity contribution < 1.29 is 4.79 Å². The number of carbonyl (C=O) groups excluding carboxylic acids is 1. The van der Waals surface area contributed by atoms with Gasteiger partial charge in [-0.15, -0.1) is 0 Å². The molecule has 2 aliphatic rings. The lowest BCUT2D eigenvalue weighted by Gasteiger charge is -2.31. The Morgan fingerprint density at radius 1 is 1.25 bits per heavy atom. The highest BCUT2D eigenvalue weighted by molar-refractivity contribution is 5.82. The molecule has 0 spiro atoms. The van der Waals surface area contributed by atoms with Crippen molar-refractivity contribution >= 4 is 5.91 Å². The molecule has 0 radical (unpaired) electrons. The molecule has 6 heteroatoms.